The van der Waals surface area contributed by atoms with E-state index >= 15 is 0 Å². The molecule has 1 saturated heterocycles. The van der Waals surface area contributed by atoms with Gasteiger partial charge in [-0.1, -0.05) is 12.8 Å². The van der Waals surface area contributed by atoms with E-state index in [9.17, 15) is 8.42 Å². The number of aryl methyl sites for hydroxylation is 1. The molecule has 1 aromatic rings. The minimum absolute atomic E-state index is 0.0126. The summed E-state index contributed by atoms with van der Waals surface area (Å²) in [5, 5.41) is 3.42. The van der Waals surface area contributed by atoms with Gasteiger partial charge in [-0.2, -0.15) is 4.98 Å². The van der Waals surface area contributed by atoms with Gasteiger partial charge in [0.15, 0.2) is 9.84 Å². The Balaban J connectivity index is 1.76. The highest BCUT2D eigenvalue weighted by atomic mass is 32.2. The Morgan fingerprint density at radius 1 is 1.23 bits per heavy atom. The van der Waals surface area contributed by atoms with Crippen LogP contribution in [0.4, 0.5) is 11.8 Å². The first-order chi connectivity index (χ1) is 10.4. The number of anilines is 2. The van der Waals surface area contributed by atoms with Crippen LogP contribution < -0.4 is 10.2 Å². The van der Waals surface area contributed by atoms with Crippen molar-refractivity contribution in [2.24, 2.45) is 0 Å². The zero-order chi connectivity index (χ0) is 15.7. The molecule has 1 unspecified atom stereocenters. The maximum atomic E-state index is 11.7. The molecule has 1 N–H and O–H groups in total. The fourth-order valence-electron chi connectivity index (χ4n) is 3.32. The zero-order valence-corrected chi connectivity index (χ0v) is 14.1. The van der Waals surface area contributed by atoms with Gasteiger partial charge >= 0.3 is 0 Å². The van der Waals surface area contributed by atoms with Crippen molar-refractivity contribution < 1.29 is 8.42 Å². The van der Waals surface area contributed by atoms with E-state index in [0.29, 0.717) is 18.4 Å². The molecular weight excluding hydrogens is 300 g/mol. The van der Waals surface area contributed by atoms with Gasteiger partial charge in [0.05, 0.1) is 11.5 Å². The Morgan fingerprint density at radius 2 is 1.95 bits per heavy atom. The van der Waals surface area contributed by atoms with E-state index in [1.54, 1.807) is 0 Å². The zero-order valence-electron chi connectivity index (χ0n) is 13.2. The van der Waals surface area contributed by atoms with Gasteiger partial charge in [-0.15, -0.1) is 0 Å². The molecule has 22 heavy (non-hydrogen) atoms. The number of hydrogen-bond acceptors (Lipinski definition) is 6. The summed E-state index contributed by atoms with van der Waals surface area (Å²) in [5.41, 5.74) is 0.901. The molecule has 1 atom stereocenters. The van der Waals surface area contributed by atoms with Gasteiger partial charge in [0, 0.05) is 30.9 Å². The predicted molar refractivity (Wildman–Crippen MR) is 88.1 cm³/mol. The van der Waals surface area contributed by atoms with Crippen LogP contribution in [0.1, 0.15) is 37.8 Å². The fraction of sp³-hybridized carbons (Fsp3) is 0.733. The minimum atomic E-state index is -2.89. The summed E-state index contributed by atoms with van der Waals surface area (Å²) in [5.74, 6) is 1.96. The Kier molecular flexibility index (Phi) is 4.25. The van der Waals surface area contributed by atoms with Crippen LogP contribution >= 0.6 is 0 Å². The van der Waals surface area contributed by atoms with Gasteiger partial charge in [0.1, 0.15) is 5.82 Å². The molecule has 1 aromatic heterocycles. The lowest BCUT2D eigenvalue weighted by molar-refractivity contribution is 0.600. The normalized spacial score (nSPS) is 24.5. The summed E-state index contributed by atoms with van der Waals surface area (Å²) in [7, 11) is -0.965. The summed E-state index contributed by atoms with van der Waals surface area (Å²) in [6.45, 7) is 1.95. The Labute approximate surface area is 132 Å². The second kappa shape index (κ2) is 6.02. The van der Waals surface area contributed by atoms with Crippen molar-refractivity contribution in [3.63, 3.8) is 0 Å². The number of hydrogen-bond donors (Lipinski definition) is 1. The fourth-order valence-corrected chi connectivity index (χ4v) is 5.09. The quantitative estimate of drug-likeness (QED) is 0.909. The number of sulfone groups is 1. The third-order valence-electron chi connectivity index (χ3n) is 4.65. The first kappa shape index (κ1) is 15.5. The number of nitrogens with one attached hydrogen (secondary N) is 1. The van der Waals surface area contributed by atoms with Crippen LogP contribution in [0.3, 0.4) is 0 Å². The average molecular weight is 324 g/mol. The molecule has 122 valence electrons. The smallest absolute Gasteiger partial charge is 0.225 e. The van der Waals surface area contributed by atoms with E-state index in [2.05, 4.69) is 15.3 Å². The number of aromatic nitrogens is 2. The Hall–Kier alpha value is -1.37. The second-order valence-corrected chi connectivity index (χ2v) is 8.71. The molecule has 0 radical (unpaired) electrons. The van der Waals surface area contributed by atoms with Crippen LogP contribution in [-0.4, -0.2) is 49.0 Å². The molecule has 0 amide bonds. The van der Waals surface area contributed by atoms with Gasteiger partial charge in [-0.3, -0.25) is 0 Å². The molecule has 0 bridgehead atoms. The number of nitrogens with zero attached hydrogens (tertiary/aromatic N) is 3. The Bertz CT molecular complexity index is 641. The third kappa shape index (κ3) is 3.51. The van der Waals surface area contributed by atoms with Crippen LogP contribution in [0.5, 0.6) is 0 Å². The molecule has 0 aromatic carbocycles. The monoisotopic (exact) mass is 324 g/mol. The van der Waals surface area contributed by atoms with Gasteiger partial charge in [-0.25, -0.2) is 13.4 Å². The van der Waals surface area contributed by atoms with Crippen molar-refractivity contribution in [2.75, 3.05) is 28.8 Å². The van der Waals surface area contributed by atoms with E-state index in [-0.39, 0.29) is 17.5 Å². The van der Waals surface area contributed by atoms with E-state index in [1.165, 1.54) is 25.7 Å². The lowest BCUT2D eigenvalue weighted by Gasteiger charge is -2.25. The van der Waals surface area contributed by atoms with Crippen molar-refractivity contribution in [3.8, 4) is 0 Å². The van der Waals surface area contributed by atoms with Crippen molar-refractivity contribution >= 4 is 21.6 Å². The lowest BCUT2D eigenvalue weighted by atomic mass is 10.2. The SMILES string of the molecule is Cc1cc(N(C)C2CCS(=O)(=O)C2)nc(NC2CCCC2)n1. The second-order valence-electron chi connectivity index (χ2n) is 6.48. The van der Waals surface area contributed by atoms with E-state index in [4.69, 9.17) is 0 Å². The standard InChI is InChI=1S/C15H24N4O2S/c1-11-9-14(19(2)13-7-8-22(20,21)10-13)18-15(16-11)17-12-5-3-4-6-12/h9,12-13H,3-8,10H2,1-2H3,(H,16,17,18). The summed E-state index contributed by atoms with van der Waals surface area (Å²) < 4.78 is 23.3. The van der Waals surface area contributed by atoms with Crippen LogP contribution in [0.2, 0.25) is 0 Å². The molecule has 0 spiro atoms. The van der Waals surface area contributed by atoms with Gasteiger partial charge < -0.3 is 10.2 Å². The predicted octanol–water partition coefficient (Wildman–Crippen LogP) is 1.76. The van der Waals surface area contributed by atoms with Crippen LogP contribution in [0.15, 0.2) is 6.07 Å². The van der Waals surface area contributed by atoms with Crippen molar-refractivity contribution in [1.29, 1.82) is 0 Å². The maximum Gasteiger partial charge on any atom is 0.225 e. The molecule has 1 saturated carbocycles. The van der Waals surface area contributed by atoms with E-state index < -0.39 is 9.84 Å². The van der Waals surface area contributed by atoms with Crippen LogP contribution in [-0.2, 0) is 9.84 Å². The van der Waals surface area contributed by atoms with Gasteiger partial charge in [-0.05, 0) is 26.2 Å². The molecule has 1 aliphatic carbocycles. The highest BCUT2D eigenvalue weighted by molar-refractivity contribution is 7.91. The van der Waals surface area contributed by atoms with Gasteiger partial charge in [0.25, 0.3) is 0 Å². The summed E-state index contributed by atoms with van der Waals surface area (Å²) in [6, 6.07) is 2.40. The largest absolute Gasteiger partial charge is 0.355 e. The molecule has 3 rings (SSSR count). The summed E-state index contributed by atoms with van der Waals surface area (Å²) in [6.07, 6.45) is 5.53. The van der Waals surface area contributed by atoms with Crippen molar-refractivity contribution in [1.82, 2.24) is 9.97 Å². The Morgan fingerprint density at radius 3 is 2.59 bits per heavy atom. The number of rotatable bonds is 4. The summed E-state index contributed by atoms with van der Waals surface area (Å²) >= 11 is 0. The third-order valence-corrected chi connectivity index (χ3v) is 6.40. The van der Waals surface area contributed by atoms with Gasteiger partial charge in [0.2, 0.25) is 5.95 Å². The first-order valence-corrected chi connectivity index (χ1v) is 9.80. The average Bonchev–Trinajstić information content (AvgIpc) is 3.06. The first-order valence-electron chi connectivity index (χ1n) is 7.98. The minimum Gasteiger partial charge on any atom is -0.355 e. The van der Waals surface area contributed by atoms with E-state index in [1.807, 2.05) is 24.9 Å². The molecule has 2 aliphatic rings. The summed E-state index contributed by atoms with van der Waals surface area (Å²) in [4.78, 5) is 11.1. The molecule has 2 heterocycles. The maximum absolute atomic E-state index is 11.7. The highest BCUT2D eigenvalue weighted by Crippen LogP contribution is 2.25. The topological polar surface area (TPSA) is 75.2 Å². The van der Waals surface area contributed by atoms with E-state index in [0.717, 1.165) is 11.5 Å². The molecule has 2 fully saturated rings. The lowest BCUT2D eigenvalue weighted by Crippen LogP contribution is -2.33. The van der Waals surface area contributed by atoms with Crippen molar-refractivity contribution in [2.45, 2.75) is 51.1 Å². The van der Waals surface area contributed by atoms with Crippen molar-refractivity contribution in [3.05, 3.63) is 11.8 Å². The highest BCUT2D eigenvalue weighted by Gasteiger charge is 2.31. The molecule has 6 nitrogen and oxygen atoms in total. The molecule has 1 aliphatic heterocycles. The molecule has 7 heteroatoms. The van der Waals surface area contributed by atoms with Crippen LogP contribution in [0, 0.1) is 6.92 Å². The molecular formula is C15H24N4O2S. The van der Waals surface area contributed by atoms with Crippen LogP contribution in [0.25, 0.3) is 0 Å².